The van der Waals surface area contributed by atoms with Gasteiger partial charge in [-0.15, -0.1) is 0 Å². The number of nitrogens with zero attached hydrogens (tertiary/aromatic N) is 6. The number of benzene rings is 2. The quantitative estimate of drug-likeness (QED) is 0.288. The number of aromatic nitrogens is 4. The maximum Gasteiger partial charge on any atom is 0.229 e. The van der Waals surface area contributed by atoms with Crippen LogP contribution in [0.5, 0.6) is 23.0 Å². The van der Waals surface area contributed by atoms with Crippen molar-refractivity contribution < 1.29 is 18.9 Å². The molecule has 0 atom stereocenters. The van der Waals surface area contributed by atoms with Gasteiger partial charge in [0.05, 0.1) is 45.2 Å². The van der Waals surface area contributed by atoms with Gasteiger partial charge in [0.15, 0.2) is 17.1 Å². The number of anilines is 2. The van der Waals surface area contributed by atoms with E-state index in [2.05, 4.69) is 32.2 Å². The van der Waals surface area contributed by atoms with E-state index in [1.54, 1.807) is 38.4 Å². The minimum absolute atomic E-state index is 0.422. The van der Waals surface area contributed by atoms with Crippen LogP contribution >= 0.6 is 0 Å². The molecule has 0 spiro atoms. The van der Waals surface area contributed by atoms with E-state index in [-0.39, 0.29) is 0 Å². The first-order valence-electron chi connectivity index (χ1n) is 13.0. The molecule has 206 valence electrons. The van der Waals surface area contributed by atoms with Crippen molar-refractivity contribution in [3.63, 3.8) is 0 Å². The van der Waals surface area contributed by atoms with Gasteiger partial charge in [-0.2, -0.15) is 10.1 Å². The van der Waals surface area contributed by atoms with Crippen molar-refractivity contribution in [3.05, 3.63) is 48.8 Å². The lowest BCUT2D eigenvalue weighted by Gasteiger charge is -2.32. The minimum atomic E-state index is 0.422. The van der Waals surface area contributed by atoms with E-state index >= 15 is 0 Å². The third-order valence-electron chi connectivity index (χ3n) is 6.80. The van der Waals surface area contributed by atoms with Gasteiger partial charge in [0.25, 0.3) is 0 Å². The molecule has 5 rings (SSSR count). The number of ether oxygens (including phenoxy) is 4. The molecule has 0 radical (unpaired) electrons. The molecule has 1 N–H and O–H groups in total. The van der Waals surface area contributed by atoms with Crippen LogP contribution in [0.1, 0.15) is 6.42 Å². The average Bonchev–Trinajstić information content (AvgIpc) is 3.39. The Labute approximate surface area is 228 Å². The van der Waals surface area contributed by atoms with Crippen LogP contribution in [0.2, 0.25) is 0 Å². The van der Waals surface area contributed by atoms with Gasteiger partial charge in [0.2, 0.25) is 11.7 Å². The first-order valence-corrected chi connectivity index (χ1v) is 13.0. The van der Waals surface area contributed by atoms with Crippen molar-refractivity contribution >= 4 is 22.7 Å². The second kappa shape index (κ2) is 12.2. The molecule has 1 aliphatic rings. The van der Waals surface area contributed by atoms with Crippen LogP contribution in [0, 0.1) is 0 Å². The smallest absolute Gasteiger partial charge is 0.229 e. The van der Waals surface area contributed by atoms with E-state index in [1.807, 2.05) is 36.4 Å². The van der Waals surface area contributed by atoms with Gasteiger partial charge < -0.3 is 34.1 Å². The molecule has 2 aromatic carbocycles. The number of hydrogen-bond donors (Lipinski definition) is 1. The monoisotopic (exact) mass is 533 g/mol. The largest absolute Gasteiger partial charge is 0.497 e. The van der Waals surface area contributed by atoms with Crippen LogP contribution in [0.25, 0.3) is 16.7 Å². The highest BCUT2D eigenvalue weighted by atomic mass is 16.5. The summed E-state index contributed by atoms with van der Waals surface area (Å²) < 4.78 is 24.4. The summed E-state index contributed by atoms with van der Waals surface area (Å²) in [5.74, 6) is 2.91. The van der Waals surface area contributed by atoms with Crippen molar-refractivity contribution in [1.82, 2.24) is 29.5 Å². The Bertz CT molecular complexity index is 1380. The zero-order valence-electron chi connectivity index (χ0n) is 22.9. The maximum absolute atomic E-state index is 6.17. The summed E-state index contributed by atoms with van der Waals surface area (Å²) in [5.41, 5.74) is 2.27. The van der Waals surface area contributed by atoms with Crippen molar-refractivity contribution in [2.45, 2.75) is 6.42 Å². The van der Waals surface area contributed by atoms with Crippen LogP contribution in [0.4, 0.5) is 11.6 Å². The molecular weight excluding hydrogens is 498 g/mol. The third-order valence-corrected chi connectivity index (χ3v) is 6.80. The molecule has 0 unspecified atom stereocenters. The summed E-state index contributed by atoms with van der Waals surface area (Å²) in [6.45, 7) is 5.96. The van der Waals surface area contributed by atoms with Gasteiger partial charge >= 0.3 is 0 Å². The SMILES string of the molecule is COc1ccc(-n2ncc3cnc(Nc4cc(OC)c(OC)c(OCCCN5CCN(C)CC5)c4)nc32)cc1. The Morgan fingerprint density at radius 2 is 1.67 bits per heavy atom. The van der Waals surface area contributed by atoms with Crippen LogP contribution in [0.15, 0.2) is 48.8 Å². The number of fused-ring (bicyclic) bond motifs is 1. The highest BCUT2D eigenvalue weighted by molar-refractivity contribution is 5.77. The van der Waals surface area contributed by atoms with Gasteiger partial charge in [-0.1, -0.05) is 0 Å². The van der Waals surface area contributed by atoms with E-state index in [1.165, 1.54) is 0 Å². The van der Waals surface area contributed by atoms with Crippen LogP contribution in [-0.2, 0) is 0 Å². The van der Waals surface area contributed by atoms with Gasteiger partial charge in [-0.05, 0) is 37.7 Å². The first-order chi connectivity index (χ1) is 19.1. The van der Waals surface area contributed by atoms with E-state index in [4.69, 9.17) is 23.9 Å². The van der Waals surface area contributed by atoms with Crippen LogP contribution in [0.3, 0.4) is 0 Å². The summed E-state index contributed by atoms with van der Waals surface area (Å²) in [6.07, 6.45) is 4.41. The number of rotatable bonds is 11. The first kappa shape index (κ1) is 26.5. The number of methoxy groups -OCH3 is 3. The number of piperazine rings is 1. The number of hydrogen-bond acceptors (Lipinski definition) is 10. The van der Waals surface area contributed by atoms with Crippen molar-refractivity contribution in [2.75, 3.05) is 73.0 Å². The van der Waals surface area contributed by atoms with Gasteiger partial charge in [0.1, 0.15) is 5.75 Å². The molecule has 4 aromatic rings. The van der Waals surface area contributed by atoms with Gasteiger partial charge in [0, 0.05) is 56.7 Å². The summed E-state index contributed by atoms with van der Waals surface area (Å²) in [6, 6.07) is 11.4. The maximum atomic E-state index is 6.17. The lowest BCUT2D eigenvalue weighted by Crippen LogP contribution is -2.44. The molecule has 0 amide bonds. The Balaban J connectivity index is 1.32. The Hall–Kier alpha value is -4.09. The summed E-state index contributed by atoms with van der Waals surface area (Å²) >= 11 is 0. The molecule has 11 heteroatoms. The Morgan fingerprint density at radius 3 is 2.38 bits per heavy atom. The van der Waals surface area contributed by atoms with Crippen molar-refractivity contribution in [1.29, 1.82) is 0 Å². The molecule has 1 fully saturated rings. The third kappa shape index (κ3) is 6.15. The zero-order chi connectivity index (χ0) is 27.2. The van der Waals surface area contributed by atoms with E-state index < -0.39 is 0 Å². The molecule has 3 heterocycles. The fourth-order valence-corrected chi connectivity index (χ4v) is 4.57. The normalized spacial score (nSPS) is 14.4. The summed E-state index contributed by atoms with van der Waals surface area (Å²) in [5, 5.41) is 8.61. The van der Waals surface area contributed by atoms with Crippen LogP contribution in [-0.4, -0.2) is 97.3 Å². The standard InChI is InChI=1S/C28H35N7O4/c1-33-11-13-34(14-12-33)10-5-15-39-25-17-21(16-24(37-3)26(25)38-4)31-28-29-18-20-19-30-35(27(20)32-28)22-6-8-23(36-2)9-7-22/h6-9,16-19H,5,10-15H2,1-4H3,(H,29,31,32). The lowest BCUT2D eigenvalue weighted by molar-refractivity contribution is 0.145. The predicted molar refractivity (Wildman–Crippen MR) is 150 cm³/mol. The topological polar surface area (TPSA) is 99.0 Å². The summed E-state index contributed by atoms with van der Waals surface area (Å²) in [4.78, 5) is 14.0. The van der Waals surface area contributed by atoms with Gasteiger partial charge in [-0.25, -0.2) is 9.67 Å². The fraction of sp³-hybridized carbons (Fsp3) is 0.393. The second-order valence-electron chi connectivity index (χ2n) is 9.41. The predicted octanol–water partition coefficient (Wildman–Crippen LogP) is 3.60. The molecule has 0 saturated carbocycles. The second-order valence-corrected chi connectivity index (χ2v) is 9.41. The molecule has 0 bridgehead atoms. The molecular formula is C28H35N7O4. The molecule has 0 aliphatic carbocycles. The van der Waals surface area contributed by atoms with E-state index in [0.29, 0.717) is 35.5 Å². The van der Waals surface area contributed by atoms with Crippen LogP contribution < -0.4 is 24.3 Å². The summed E-state index contributed by atoms with van der Waals surface area (Å²) in [7, 11) is 7.02. The fourth-order valence-electron chi connectivity index (χ4n) is 4.57. The zero-order valence-corrected chi connectivity index (χ0v) is 22.9. The van der Waals surface area contributed by atoms with Crippen molar-refractivity contribution in [2.24, 2.45) is 0 Å². The van der Waals surface area contributed by atoms with E-state index in [0.717, 1.165) is 61.7 Å². The lowest BCUT2D eigenvalue weighted by atomic mass is 10.2. The molecule has 11 nitrogen and oxygen atoms in total. The molecule has 2 aromatic heterocycles. The number of likely N-dealkylation sites (N-methyl/N-ethyl adjacent to an activating group) is 1. The average molecular weight is 534 g/mol. The highest BCUT2D eigenvalue weighted by Gasteiger charge is 2.17. The molecule has 39 heavy (non-hydrogen) atoms. The van der Waals surface area contributed by atoms with Gasteiger partial charge in [-0.3, -0.25) is 0 Å². The Kier molecular flexibility index (Phi) is 8.28. The van der Waals surface area contributed by atoms with Crippen molar-refractivity contribution in [3.8, 4) is 28.7 Å². The molecule has 1 aliphatic heterocycles. The highest BCUT2D eigenvalue weighted by Crippen LogP contribution is 2.40. The Morgan fingerprint density at radius 1 is 0.897 bits per heavy atom. The number of nitrogens with one attached hydrogen (secondary N) is 1. The van der Waals surface area contributed by atoms with E-state index in [9.17, 15) is 0 Å². The molecule has 1 saturated heterocycles. The minimum Gasteiger partial charge on any atom is -0.497 e.